The molecule has 3 atom stereocenters. The summed E-state index contributed by atoms with van der Waals surface area (Å²) in [6.45, 7) is 0.215. The fourth-order valence-corrected chi connectivity index (χ4v) is 6.98. The fourth-order valence-electron chi connectivity index (χ4n) is 5.32. The lowest BCUT2D eigenvalue weighted by molar-refractivity contribution is 0.174. The van der Waals surface area contributed by atoms with Crippen molar-refractivity contribution in [1.82, 2.24) is 0 Å². The Morgan fingerprint density at radius 1 is 1.00 bits per heavy atom. The van der Waals surface area contributed by atoms with Crippen LogP contribution in [0, 0.1) is 5.92 Å². The zero-order chi connectivity index (χ0) is 25.7. The number of rotatable bonds is 6. The molecule has 10 heteroatoms. The molecule has 8 nitrogen and oxygen atoms in total. The molecule has 2 aliphatic heterocycles. The predicted molar refractivity (Wildman–Crippen MR) is 143 cm³/mol. The van der Waals surface area contributed by atoms with Crippen LogP contribution in [0.2, 0.25) is 0 Å². The maximum Gasteiger partial charge on any atom is 0.262 e. The van der Waals surface area contributed by atoms with E-state index in [1.165, 1.54) is 14.2 Å². The van der Waals surface area contributed by atoms with Crippen LogP contribution >= 0.6 is 15.9 Å². The van der Waals surface area contributed by atoms with Crippen molar-refractivity contribution in [2.24, 2.45) is 5.92 Å². The van der Waals surface area contributed by atoms with Crippen LogP contribution in [0.1, 0.15) is 29.5 Å². The summed E-state index contributed by atoms with van der Waals surface area (Å²) in [4.78, 5) is 0.180. The molecule has 2 heterocycles. The van der Waals surface area contributed by atoms with Crippen molar-refractivity contribution in [1.29, 1.82) is 0 Å². The van der Waals surface area contributed by atoms with E-state index in [9.17, 15) is 8.42 Å². The largest absolute Gasteiger partial charge is 0.497 e. The summed E-state index contributed by atoms with van der Waals surface area (Å²) in [6, 6.07) is 14.2. The van der Waals surface area contributed by atoms with Crippen LogP contribution in [0.25, 0.3) is 0 Å². The van der Waals surface area contributed by atoms with Crippen molar-refractivity contribution in [2.75, 3.05) is 31.1 Å². The quantitative estimate of drug-likeness (QED) is 0.352. The van der Waals surface area contributed by atoms with Crippen molar-refractivity contribution in [3.05, 3.63) is 76.3 Å². The van der Waals surface area contributed by atoms with Gasteiger partial charge < -0.3 is 24.3 Å². The minimum Gasteiger partial charge on any atom is -0.497 e. The number of methoxy groups -OCH3 is 2. The smallest absolute Gasteiger partial charge is 0.262 e. The molecule has 1 aliphatic carbocycles. The standard InChI is InChI=1S/C27H25BrN2O6S/c1-33-15-6-9-24(34-2)23(10-15)30-37(31,32)16-7-8-22-19(11-16)17-4-3-5-18(17)27(29-22)20-12-25-26(13-21(20)28)36-14-35-25/h3-4,6-13,17-18,27,29-30H,5,14H2,1-2H3/t17-,18+,27-/m0/s1. The third-order valence-corrected chi connectivity index (χ3v) is 9.17. The van der Waals surface area contributed by atoms with Gasteiger partial charge in [0.25, 0.3) is 10.0 Å². The van der Waals surface area contributed by atoms with Gasteiger partial charge in [-0.3, -0.25) is 4.72 Å². The SMILES string of the molecule is COc1ccc(OC)c(NS(=O)(=O)c2ccc3c(c2)[C@H]2C=CC[C@H]2[C@@H](c2cc4c(cc2Br)OCO4)N3)c1. The second-order valence-electron chi connectivity index (χ2n) is 9.12. The fraction of sp³-hybridized carbons (Fsp3) is 0.259. The summed E-state index contributed by atoms with van der Waals surface area (Å²) in [7, 11) is -0.871. The van der Waals surface area contributed by atoms with Crippen LogP contribution in [-0.2, 0) is 10.0 Å². The predicted octanol–water partition coefficient (Wildman–Crippen LogP) is 5.82. The van der Waals surface area contributed by atoms with Gasteiger partial charge in [0.15, 0.2) is 11.5 Å². The van der Waals surface area contributed by atoms with Crippen LogP contribution in [-0.4, -0.2) is 29.4 Å². The van der Waals surface area contributed by atoms with Gasteiger partial charge in [-0.05, 0) is 65.9 Å². The summed E-state index contributed by atoms with van der Waals surface area (Å²) < 4.78 is 52.2. The van der Waals surface area contributed by atoms with E-state index < -0.39 is 10.0 Å². The van der Waals surface area contributed by atoms with Crippen LogP contribution in [0.5, 0.6) is 23.0 Å². The molecule has 0 spiro atoms. The molecule has 0 fully saturated rings. The Kier molecular flexibility index (Phi) is 5.95. The van der Waals surface area contributed by atoms with Crippen molar-refractivity contribution in [2.45, 2.75) is 23.3 Å². The first-order chi connectivity index (χ1) is 17.9. The number of ether oxygens (including phenoxy) is 4. The summed E-state index contributed by atoms with van der Waals surface area (Å²) >= 11 is 3.71. The topological polar surface area (TPSA) is 95.1 Å². The van der Waals surface area contributed by atoms with Gasteiger partial charge in [0.1, 0.15) is 11.5 Å². The highest BCUT2D eigenvalue weighted by Gasteiger charge is 2.40. The first-order valence-corrected chi connectivity index (χ1v) is 14.1. The molecule has 0 saturated carbocycles. The van der Waals surface area contributed by atoms with Gasteiger partial charge in [0, 0.05) is 22.1 Å². The van der Waals surface area contributed by atoms with Gasteiger partial charge in [-0.1, -0.05) is 28.1 Å². The minimum absolute atomic E-state index is 0.0120. The van der Waals surface area contributed by atoms with Gasteiger partial charge in [-0.25, -0.2) is 8.42 Å². The molecule has 37 heavy (non-hydrogen) atoms. The van der Waals surface area contributed by atoms with Crippen LogP contribution < -0.4 is 29.0 Å². The highest BCUT2D eigenvalue weighted by atomic mass is 79.9. The number of allylic oxidation sites excluding steroid dienone is 2. The highest BCUT2D eigenvalue weighted by molar-refractivity contribution is 9.10. The highest BCUT2D eigenvalue weighted by Crippen LogP contribution is 2.52. The van der Waals surface area contributed by atoms with E-state index in [1.54, 1.807) is 30.3 Å². The number of benzene rings is 3. The maximum absolute atomic E-state index is 13.4. The number of anilines is 2. The molecule has 3 aromatic rings. The molecular formula is C27H25BrN2O6S. The summed E-state index contributed by atoms with van der Waals surface area (Å²) in [5.74, 6) is 2.66. The second-order valence-corrected chi connectivity index (χ2v) is 11.7. The van der Waals surface area contributed by atoms with E-state index in [2.05, 4.69) is 38.1 Å². The Labute approximate surface area is 223 Å². The molecule has 3 aromatic carbocycles. The second kappa shape index (κ2) is 9.18. The Morgan fingerprint density at radius 2 is 1.81 bits per heavy atom. The van der Waals surface area contributed by atoms with Crippen molar-refractivity contribution in [3.8, 4) is 23.0 Å². The molecule has 3 aliphatic rings. The Morgan fingerprint density at radius 3 is 2.59 bits per heavy atom. The van der Waals surface area contributed by atoms with E-state index in [1.807, 2.05) is 18.2 Å². The van der Waals surface area contributed by atoms with Gasteiger partial charge in [0.2, 0.25) is 6.79 Å². The van der Waals surface area contributed by atoms with Gasteiger partial charge in [0.05, 0.1) is 30.8 Å². The molecule has 6 rings (SSSR count). The van der Waals surface area contributed by atoms with Crippen molar-refractivity contribution < 1.29 is 27.4 Å². The van der Waals surface area contributed by atoms with Crippen LogP contribution in [0.3, 0.4) is 0 Å². The molecule has 0 amide bonds. The third kappa shape index (κ3) is 4.18. The van der Waals surface area contributed by atoms with E-state index >= 15 is 0 Å². The molecular weight excluding hydrogens is 560 g/mol. The zero-order valence-corrected chi connectivity index (χ0v) is 22.6. The van der Waals surface area contributed by atoms with E-state index in [0.29, 0.717) is 17.2 Å². The number of nitrogens with one attached hydrogen (secondary N) is 2. The van der Waals surface area contributed by atoms with E-state index in [0.717, 1.165) is 39.2 Å². The normalized spacial score (nSPS) is 21.1. The van der Waals surface area contributed by atoms with E-state index in [-0.39, 0.29) is 29.6 Å². The number of sulfonamides is 1. The molecule has 0 aromatic heterocycles. The number of hydrogen-bond acceptors (Lipinski definition) is 7. The first kappa shape index (κ1) is 24.0. The Bertz CT molecular complexity index is 1520. The Hall–Kier alpha value is -3.37. The Balaban J connectivity index is 1.34. The summed E-state index contributed by atoms with van der Waals surface area (Å²) in [5.41, 5.74) is 3.24. The molecule has 0 saturated heterocycles. The molecule has 0 radical (unpaired) electrons. The monoisotopic (exact) mass is 584 g/mol. The first-order valence-electron chi connectivity index (χ1n) is 11.8. The zero-order valence-electron chi connectivity index (χ0n) is 20.2. The summed E-state index contributed by atoms with van der Waals surface area (Å²) in [5, 5.41) is 3.66. The molecule has 2 N–H and O–H groups in total. The maximum atomic E-state index is 13.4. The number of hydrogen-bond donors (Lipinski definition) is 2. The lowest BCUT2D eigenvalue weighted by atomic mass is 9.77. The van der Waals surface area contributed by atoms with Gasteiger partial charge in [-0.15, -0.1) is 0 Å². The average molecular weight is 585 g/mol. The lowest BCUT2D eigenvalue weighted by Crippen LogP contribution is -2.29. The average Bonchev–Trinajstić information content (AvgIpc) is 3.57. The van der Waals surface area contributed by atoms with Crippen LogP contribution in [0.4, 0.5) is 11.4 Å². The number of halogens is 1. The van der Waals surface area contributed by atoms with Crippen molar-refractivity contribution >= 4 is 37.3 Å². The molecule has 0 bridgehead atoms. The van der Waals surface area contributed by atoms with E-state index in [4.69, 9.17) is 18.9 Å². The number of fused-ring (bicyclic) bond motifs is 4. The van der Waals surface area contributed by atoms with Gasteiger partial charge in [-0.2, -0.15) is 0 Å². The summed E-state index contributed by atoms with van der Waals surface area (Å²) in [6.07, 6.45) is 5.21. The van der Waals surface area contributed by atoms with Crippen molar-refractivity contribution in [3.63, 3.8) is 0 Å². The molecule has 192 valence electrons. The molecule has 0 unspecified atom stereocenters. The lowest BCUT2D eigenvalue weighted by Gasteiger charge is -2.38. The van der Waals surface area contributed by atoms with Gasteiger partial charge >= 0.3 is 0 Å². The van der Waals surface area contributed by atoms with Crippen LogP contribution in [0.15, 0.2) is 70.1 Å². The minimum atomic E-state index is -3.89. The third-order valence-electron chi connectivity index (χ3n) is 7.12.